The molecule has 1 N–H and O–H groups in total. The first-order valence-electron chi connectivity index (χ1n) is 1.70. The molecule has 38 valence electrons. The highest BCUT2D eigenvalue weighted by molar-refractivity contribution is 5.15. The van der Waals surface area contributed by atoms with Gasteiger partial charge in [0.25, 0.3) is 0 Å². The van der Waals surface area contributed by atoms with Crippen LogP contribution < -0.4 is 0 Å². The van der Waals surface area contributed by atoms with Crippen molar-refractivity contribution in [3.05, 3.63) is 0 Å². The van der Waals surface area contributed by atoms with Crippen molar-refractivity contribution in [2.45, 2.75) is 0 Å². The smallest absolute Gasteiger partial charge is 0.0140 e. The Morgan fingerprint density at radius 2 is 1.17 bits per heavy atom. The minimum absolute atomic E-state index is 2.00. The van der Waals surface area contributed by atoms with E-state index in [0.29, 0.717) is 0 Å². The van der Waals surface area contributed by atoms with Gasteiger partial charge in [-0.1, -0.05) is 0 Å². The van der Waals surface area contributed by atoms with Crippen molar-refractivity contribution in [1.29, 1.82) is 5.41 Å². The van der Waals surface area contributed by atoms with Gasteiger partial charge in [0.2, 0.25) is 0 Å². The van der Waals surface area contributed by atoms with Crippen LogP contribution in [-0.2, 0) is 0 Å². The first-order chi connectivity index (χ1) is 2.73. The number of hydrogen-bond donors (Lipinski definition) is 1. The Hall–Kier alpha value is -0.370. The number of rotatable bonds is 0. The van der Waals surface area contributed by atoms with Crippen molar-refractivity contribution in [3.63, 3.8) is 0 Å². The second kappa shape index (κ2) is 8.82. The molecule has 0 amide bonds. The summed E-state index contributed by atoms with van der Waals surface area (Å²) in [7, 11) is 6.00. The van der Waals surface area contributed by atoms with Gasteiger partial charge >= 0.3 is 0 Å². The van der Waals surface area contributed by atoms with Gasteiger partial charge in [0, 0.05) is 0 Å². The Labute approximate surface area is 39.3 Å². The molecule has 0 fully saturated rings. The highest BCUT2D eigenvalue weighted by Crippen LogP contribution is 1.47. The van der Waals surface area contributed by atoms with Crippen molar-refractivity contribution < 1.29 is 0 Å². The summed E-state index contributed by atoms with van der Waals surface area (Å²) in [5.41, 5.74) is 0. The van der Waals surface area contributed by atoms with Gasteiger partial charge in [-0.3, -0.25) is 0 Å². The lowest BCUT2D eigenvalue weighted by atomic mass is 11.0. The molecular weight excluding hydrogens is 76.1 g/mol. The highest BCUT2D eigenvalue weighted by atomic mass is 15.0. The van der Waals surface area contributed by atoms with E-state index in [9.17, 15) is 0 Å². The van der Waals surface area contributed by atoms with Crippen LogP contribution in [0.3, 0.4) is 0 Å². The monoisotopic (exact) mass is 88.1 g/mol. The van der Waals surface area contributed by atoms with Crippen molar-refractivity contribution in [2.75, 3.05) is 21.1 Å². The molecule has 0 rings (SSSR count). The summed E-state index contributed by atoms with van der Waals surface area (Å²) >= 11 is 0. The van der Waals surface area contributed by atoms with Crippen LogP contribution in [0.4, 0.5) is 0 Å². The second-order valence-corrected chi connectivity index (χ2v) is 1.34. The van der Waals surface area contributed by atoms with E-state index in [-0.39, 0.29) is 0 Å². The van der Waals surface area contributed by atoms with E-state index >= 15 is 0 Å². The molecule has 0 aliphatic rings. The first kappa shape index (κ1) is 9.16. The van der Waals surface area contributed by atoms with E-state index < -0.39 is 0 Å². The summed E-state index contributed by atoms with van der Waals surface area (Å²) in [6.07, 6.45) is 0. The Kier molecular flexibility index (Phi) is 13.5. The molecule has 0 bridgehead atoms. The van der Waals surface area contributed by atoms with Crippen LogP contribution >= 0.6 is 0 Å². The van der Waals surface area contributed by atoms with E-state index in [4.69, 9.17) is 5.41 Å². The van der Waals surface area contributed by atoms with E-state index in [1.54, 1.807) is 0 Å². The maximum Gasteiger partial charge on any atom is -0.0140 e. The molecule has 0 atom stereocenters. The highest BCUT2D eigenvalue weighted by Gasteiger charge is 1.58. The molecule has 0 unspecified atom stereocenters. The van der Waals surface area contributed by atoms with Gasteiger partial charge in [-0.05, 0) is 27.9 Å². The zero-order valence-corrected chi connectivity index (χ0v) is 4.65. The quantitative estimate of drug-likeness (QED) is 0.427. The maximum atomic E-state index is 5.50. The van der Waals surface area contributed by atoms with Gasteiger partial charge in [-0.25, -0.2) is 0 Å². The summed E-state index contributed by atoms with van der Waals surface area (Å²) in [5.74, 6) is 0. The zero-order chi connectivity index (χ0) is 5.58. The number of nitrogens with one attached hydrogen (secondary N) is 1. The van der Waals surface area contributed by atoms with Gasteiger partial charge < -0.3 is 10.3 Å². The van der Waals surface area contributed by atoms with Crippen LogP contribution in [0, 0.1) is 5.41 Å². The third kappa shape index (κ3) is 183. The van der Waals surface area contributed by atoms with E-state index in [1.807, 2.05) is 26.0 Å². The maximum absolute atomic E-state index is 5.50. The van der Waals surface area contributed by atoms with Gasteiger partial charge in [0.15, 0.2) is 0 Å². The van der Waals surface area contributed by atoms with Gasteiger partial charge in [-0.2, -0.15) is 0 Å². The molecule has 0 radical (unpaired) electrons. The molecule has 0 aromatic carbocycles. The minimum Gasteiger partial charge on any atom is -0.317 e. The van der Waals surface area contributed by atoms with Crippen LogP contribution in [0.1, 0.15) is 0 Å². The third-order valence-electron chi connectivity index (χ3n) is 0. The average molecular weight is 88.2 g/mol. The molecule has 0 heterocycles. The molecule has 0 saturated carbocycles. The van der Waals surface area contributed by atoms with E-state index in [2.05, 4.69) is 6.72 Å². The van der Waals surface area contributed by atoms with E-state index in [0.717, 1.165) is 0 Å². The summed E-state index contributed by atoms with van der Waals surface area (Å²) in [6.45, 7) is 2.50. The second-order valence-electron chi connectivity index (χ2n) is 1.34. The fourth-order valence-electron chi connectivity index (χ4n) is 0. The summed E-state index contributed by atoms with van der Waals surface area (Å²) in [4.78, 5) is 2.00. The predicted molar refractivity (Wildman–Crippen MR) is 29.5 cm³/mol. The molecule has 0 saturated heterocycles. The van der Waals surface area contributed by atoms with Crippen LogP contribution in [0.5, 0.6) is 0 Å². The number of nitrogens with zero attached hydrogens (tertiary/aromatic N) is 1. The summed E-state index contributed by atoms with van der Waals surface area (Å²) in [6, 6.07) is 0. The van der Waals surface area contributed by atoms with Crippen molar-refractivity contribution in [3.8, 4) is 0 Å². The molecular formula is C4H12N2. The third-order valence-corrected chi connectivity index (χ3v) is 0. The van der Waals surface area contributed by atoms with Crippen LogP contribution in [0.15, 0.2) is 0 Å². The van der Waals surface area contributed by atoms with E-state index in [1.165, 1.54) is 0 Å². The molecule has 0 aliphatic heterocycles. The SMILES string of the molecule is C=N.CN(C)C. The van der Waals surface area contributed by atoms with Crippen LogP contribution in [0.25, 0.3) is 0 Å². The Bertz CT molecular complexity index is 16.8. The molecule has 0 aromatic rings. The lowest BCUT2D eigenvalue weighted by Gasteiger charge is -1.90. The van der Waals surface area contributed by atoms with Crippen LogP contribution in [0.2, 0.25) is 0 Å². The number of hydrogen-bond acceptors (Lipinski definition) is 2. The molecule has 0 aliphatic carbocycles. The van der Waals surface area contributed by atoms with Gasteiger partial charge in [0.05, 0.1) is 0 Å². The predicted octanol–water partition coefficient (Wildman–Crippen LogP) is 0.444. The molecule has 0 spiro atoms. The molecule has 6 heavy (non-hydrogen) atoms. The Morgan fingerprint density at radius 1 is 1.17 bits per heavy atom. The molecule has 2 nitrogen and oxygen atoms in total. The lowest BCUT2D eigenvalue weighted by molar-refractivity contribution is 0.505. The molecule has 2 heteroatoms. The van der Waals surface area contributed by atoms with Gasteiger partial charge in [-0.15, -0.1) is 0 Å². The average Bonchev–Trinajstić information content (AvgIpc) is 1.41. The van der Waals surface area contributed by atoms with Crippen LogP contribution in [-0.4, -0.2) is 32.8 Å². The standard InChI is InChI=1S/C3H9N.CH3N/c1-4(2)3;1-2/h1-3H3;2H,1H2. The fourth-order valence-corrected chi connectivity index (χ4v) is 0. The van der Waals surface area contributed by atoms with Crippen molar-refractivity contribution >= 4 is 6.72 Å². The summed E-state index contributed by atoms with van der Waals surface area (Å²) in [5, 5.41) is 5.50. The minimum atomic E-state index is 2.00. The largest absolute Gasteiger partial charge is 0.317 e. The van der Waals surface area contributed by atoms with Crippen molar-refractivity contribution in [1.82, 2.24) is 4.90 Å². The molecule has 0 aromatic heterocycles. The topological polar surface area (TPSA) is 27.1 Å². The summed E-state index contributed by atoms with van der Waals surface area (Å²) < 4.78 is 0. The van der Waals surface area contributed by atoms with Crippen molar-refractivity contribution in [2.24, 2.45) is 0 Å². The van der Waals surface area contributed by atoms with Gasteiger partial charge in [0.1, 0.15) is 0 Å². The Balaban J connectivity index is 0. The normalized spacial score (nSPS) is 6.67. The fraction of sp³-hybridized carbons (Fsp3) is 0.750. The lowest BCUT2D eigenvalue weighted by Crippen LogP contribution is -1.99. The zero-order valence-electron chi connectivity index (χ0n) is 4.65. The first-order valence-corrected chi connectivity index (χ1v) is 1.70. The Morgan fingerprint density at radius 3 is 1.17 bits per heavy atom.